The summed E-state index contributed by atoms with van der Waals surface area (Å²) in [6.07, 6.45) is 10.2. The minimum absolute atomic E-state index is 0.371. The van der Waals surface area contributed by atoms with Crippen LogP contribution in [0, 0.1) is 0 Å². The van der Waals surface area contributed by atoms with Crippen molar-refractivity contribution in [3.8, 4) is 0 Å². The summed E-state index contributed by atoms with van der Waals surface area (Å²) >= 11 is 2.26. The highest BCUT2D eigenvalue weighted by molar-refractivity contribution is 14.1. The highest BCUT2D eigenvalue weighted by Gasteiger charge is 2.22. The van der Waals surface area contributed by atoms with E-state index in [-0.39, 0.29) is 0 Å². The first-order chi connectivity index (χ1) is 8.05. The molecule has 98 valence electrons. The van der Waals surface area contributed by atoms with Crippen LogP contribution >= 0.6 is 22.6 Å². The van der Waals surface area contributed by atoms with Gasteiger partial charge in [-0.15, -0.1) is 13.2 Å². The lowest BCUT2D eigenvalue weighted by molar-refractivity contribution is 0.174. The Balaban J connectivity index is 4.12. The van der Waals surface area contributed by atoms with Crippen molar-refractivity contribution < 1.29 is 4.43 Å². The number of rotatable bonds is 10. The summed E-state index contributed by atoms with van der Waals surface area (Å²) < 4.78 is 8.30. The highest BCUT2D eigenvalue weighted by atomic mass is 127. The van der Waals surface area contributed by atoms with E-state index in [9.17, 15) is 0 Å². The van der Waals surface area contributed by atoms with Gasteiger partial charge in [-0.2, -0.15) is 0 Å². The second kappa shape index (κ2) is 10.1. The molecule has 1 unspecified atom stereocenters. The van der Waals surface area contributed by atoms with E-state index in [0.717, 1.165) is 25.7 Å². The van der Waals surface area contributed by atoms with E-state index in [1.165, 1.54) is 6.42 Å². The van der Waals surface area contributed by atoms with Gasteiger partial charge in [-0.05, 0) is 49.3 Å². The molecule has 0 radical (unpaired) electrons. The lowest BCUT2D eigenvalue weighted by Crippen LogP contribution is -2.33. The van der Waals surface area contributed by atoms with Crippen LogP contribution in [0.25, 0.3) is 0 Å². The minimum Gasteiger partial charge on any atom is -0.411 e. The summed E-state index contributed by atoms with van der Waals surface area (Å²) in [7, 11) is -1.65. The quantitative estimate of drug-likeness (QED) is 0.219. The van der Waals surface area contributed by atoms with E-state index in [4.69, 9.17) is 4.43 Å². The molecule has 0 N–H and O–H groups in total. The molecule has 0 aliphatic rings. The molecule has 0 aliphatic carbocycles. The first kappa shape index (κ1) is 17.1. The fourth-order valence-corrected chi connectivity index (χ4v) is 3.12. The van der Waals surface area contributed by atoms with Gasteiger partial charge in [-0.3, -0.25) is 0 Å². The zero-order valence-electron chi connectivity index (χ0n) is 11.1. The van der Waals surface area contributed by atoms with E-state index < -0.39 is 8.32 Å². The molecule has 1 nitrogen and oxygen atoms in total. The van der Waals surface area contributed by atoms with Crippen molar-refractivity contribution in [3.63, 3.8) is 0 Å². The molecule has 0 aromatic rings. The molecule has 0 spiro atoms. The number of halogens is 1. The van der Waals surface area contributed by atoms with Crippen molar-refractivity contribution in [3.05, 3.63) is 35.1 Å². The van der Waals surface area contributed by atoms with Gasteiger partial charge in [0, 0.05) is 6.10 Å². The van der Waals surface area contributed by atoms with Crippen LogP contribution in [0.2, 0.25) is 13.1 Å². The zero-order chi connectivity index (χ0) is 13.1. The molecule has 0 fully saturated rings. The maximum atomic E-state index is 6.22. The van der Waals surface area contributed by atoms with Gasteiger partial charge >= 0.3 is 0 Å². The fraction of sp³-hybridized carbons (Fsp3) is 0.571. The van der Waals surface area contributed by atoms with Gasteiger partial charge in [-0.25, -0.2) is 0 Å². The third-order valence-electron chi connectivity index (χ3n) is 2.64. The van der Waals surface area contributed by atoms with Crippen LogP contribution < -0.4 is 0 Å². The van der Waals surface area contributed by atoms with Crippen molar-refractivity contribution in [2.24, 2.45) is 0 Å². The van der Waals surface area contributed by atoms with Gasteiger partial charge in [-0.1, -0.05) is 40.4 Å². The largest absolute Gasteiger partial charge is 0.411 e. The number of allylic oxidation sites excluding steroid dienone is 2. The van der Waals surface area contributed by atoms with Crippen molar-refractivity contribution >= 4 is 30.9 Å². The molecule has 0 aromatic carbocycles. The van der Waals surface area contributed by atoms with Crippen LogP contribution in [0.15, 0.2) is 35.1 Å². The third-order valence-corrected chi connectivity index (χ3v) is 5.07. The standard InChI is InChI=1S/C14H25IOSi/c1-5-7-11-14(12-9-8-10-13-15)16-17(3,4)6-2/h5-6,10,13-14H,1-2,7-9,11-12H2,3-4H3/b13-10-. The third kappa shape index (κ3) is 9.79. The Morgan fingerprint density at radius 1 is 1.24 bits per heavy atom. The number of hydrogen-bond donors (Lipinski definition) is 0. The van der Waals surface area contributed by atoms with E-state index >= 15 is 0 Å². The predicted octanol–water partition coefficient (Wildman–Crippen LogP) is 5.39. The molecular weight excluding hydrogens is 339 g/mol. The topological polar surface area (TPSA) is 9.23 Å². The zero-order valence-corrected chi connectivity index (χ0v) is 14.3. The Bertz CT molecular complexity index is 249. The molecule has 0 heterocycles. The van der Waals surface area contributed by atoms with Gasteiger partial charge in [0.05, 0.1) is 0 Å². The molecule has 17 heavy (non-hydrogen) atoms. The fourth-order valence-electron chi connectivity index (χ4n) is 1.57. The van der Waals surface area contributed by atoms with Gasteiger partial charge in [0.1, 0.15) is 0 Å². The average Bonchev–Trinajstić information content (AvgIpc) is 2.31. The highest BCUT2D eigenvalue weighted by Crippen LogP contribution is 2.18. The molecule has 3 heteroatoms. The molecule has 0 saturated carbocycles. The summed E-state index contributed by atoms with van der Waals surface area (Å²) in [5, 5.41) is 0. The molecule has 0 aliphatic heterocycles. The van der Waals surface area contributed by atoms with Crippen LogP contribution in [0.3, 0.4) is 0 Å². The maximum Gasteiger partial charge on any atom is 0.210 e. The van der Waals surface area contributed by atoms with Gasteiger partial charge in [0.15, 0.2) is 0 Å². The number of unbranched alkanes of at least 4 members (excludes halogenated alkanes) is 1. The Labute approximate surface area is 121 Å². The Kier molecular flexibility index (Phi) is 10.2. The molecular formula is C14H25IOSi. The lowest BCUT2D eigenvalue weighted by atomic mass is 10.1. The first-order valence-electron chi connectivity index (χ1n) is 6.23. The maximum absolute atomic E-state index is 6.22. The van der Waals surface area contributed by atoms with Gasteiger partial charge < -0.3 is 4.43 Å². The SMILES string of the molecule is C=CCCC(CCC/C=C\I)O[Si](C)(C)C=C. The summed E-state index contributed by atoms with van der Waals surface area (Å²) in [6.45, 7) is 12.1. The van der Waals surface area contributed by atoms with Crippen molar-refractivity contribution in [2.45, 2.75) is 51.3 Å². The lowest BCUT2D eigenvalue weighted by Gasteiger charge is -2.26. The summed E-state index contributed by atoms with van der Waals surface area (Å²) in [6, 6.07) is 0. The average molecular weight is 364 g/mol. The smallest absolute Gasteiger partial charge is 0.210 e. The van der Waals surface area contributed by atoms with Crippen LogP contribution in [0.4, 0.5) is 0 Å². The Hall–Kier alpha value is 0.127. The molecule has 0 rings (SSSR count). The van der Waals surface area contributed by atoms with Crippen LogP contribution in [0.5, 0.6) is 0 Å². The predicted molar refractivity (Wildman–Crippen MR) is 89.0 cm³/mol. The molecule has 0 amide bonds. The second-order valence-corrected chi connectivity index (χ2v) is 9.28. The summed E-state index contributed by atoms with van der Waals surface area (Å²) in [5.41, 5.74) is 2.01. The molecule has 0 aromatic heterocycles. The molecule has 0 bridgehead atoms. The Morgan fingerprint density at radius 3 is 2.47 bits per heavy atom. The van der Waals surface area contributed by atoms with E-state index in [0.29, 0.717) is 6.10 Å². The Morgan fingerprint density at radius 2 is 1.94 bits per heavy atom. The van der Waals surface area contributed by atoms with E-state index in [2.05, 4.69) is 59.0 Å². The van der Waals surface area contributed by atoms with Crippen molar-refractivity contribution in [2.75, 3.05) is 0 Å². The van der Waals surface area contributed by atoms with Crippen molar-refractivity contribution in [1.82, 2.24) is 0 Å². The van der Waals surface area contributed by atoms with Gasteiger partial charge in [0.2, 0.25) is 8.32 Å². The molecule has 1 atom stereocenters. The van der Waals surface area contributed by atoms with Crippen LogP contribution in [0.1, 0.15) is 32.1 Å². The van der Waals surface area contributed by atoms with Gasteiger partial charge in [0.25, 0.3) is 0 Å². The monoisotopic (exact) mass is 364 g/mol. The van der Waals surface area contributed by atoms with Crippen LogP contribution in [-0.2, 0) is 4.43 Å². The van der Waals surface area contributed by atoms with E-state index in [1.807, 2.05) is 11.8 Å². The van der Waals surface area contributed by atoms with Crippen LogP contribution in [-0.4, -0.2) is 14.4 Å². The summed E-state index contributed by atoms with van der Waals surface area (Å²) in [4.78, 5) is 0. The van der Waals surface area contributed by atoms with E-state index in [1.54, 1.807) is 0 Å². The first-order valence-corrected chi connectivity index (χ1v) is 10.5. The van der Waals surface area contributed by atoms with Crippen molar-refractivity contribution in [1.29, 1.82) is 0 Å². The summed E-state index contributed by atoms with van der Waals surface area (Å²) in [5.74, 6) is 0. The minimum atomic E-state index is -1.65. The normalized spacial score (nSPS) is 13.8. The number of hydrogen-bond acceptors (Lipinski definition) is 1. The second-order valence-electron chi connectivity index (χ2n) is 4.71. The molecule has 0 saturated heterocycles.